The first-order valence-corrected chi connectivity index (χ1v) is 2.36. The number of hydrogen-bond acceptors (Lipinski definition) is 4. The van der Waals surface area contributed by atoms with Crippen molar-refractivity contribution in [2.24, 2.45) is 5.73 Å². The Kier molecular flexibility index (Phi) is 1.02. The lowest BCUT2D eigenvalue weighted by Gasteiger charge is -1.84. The summed E-state index contributed by atoms with van der Waals surface area (Å²) in [4.78, 5) is 20.8. The number of ether oxygens (including phenoxy) is 1. The molecule has 4 nitrogen and oxygen atoms in total. The van der Waals surface area contributed by atoms with Crippen molar-refractivity contribution in [3.05, 3.63) is 11.3 Å². The van der Waals surface area contributed by atoms with E-state index in [1.807, 2.05) is 0 Å². The predicted octanol–water partition coefficient (Wildman–Crippen LogP) is -0.698. The Hall–Kier alpha value is -1.32. The van der Waals surface area contributed by atoms with Crippen LogP contribution in [0.1, 0.15) is 6.92 Å². The highest BCUT2D eigenvalue weighted by atomic mass is 16.6. The summed E-state index contributed by atoms with van der Waals surface area (Å²) < 4.78 is 4.11. The van der Waals surface area contributed by atoms with Crippen LogP contribution in [0.5, 0.6) is 0 Å². The molecule has 1 aliphatic heterocycles. The van der Waals surface area contributed by atoms with Crippen LogP contribution >= 0.6 is 0 Å². The third-order valence-corrected chi connectivity index (χ3v) is 1.12. The molecule has 0 fully saturated rings. The number of hydrogen-bond donors (Lipinski definition) is 1. The summed E-state index contributed by atoms with van der Waals surface area (Å²) in [6.45, 7) is 1.45. The Balaban J connectivity index is 3.06. The van der Waals surface area contributed by atoms with Gasteiger partial charge in [0.25, 0.3) is 0 Å². The molecule has 0 aromatic heterocycles. The van der Waals surface area contributed by atoms with Crippen molar-refractivity contribution in [1.29, 1.82) is 0 Å². The maximum atomic E-state index is 10.4. The van der Waals surface area contributed by atoms with Gasteiger partial charge in [-0.15, -0.1) is 0 Å². The van der Waals surface area contributed by atoms with E-state index < -0.39 is 11.9 Å². The zero-order chi connectivity index (χ0) is 7.02. The number of cyclic esters (lactones) is 2. The fourth-order valence-electron chi connectivity index (χ4n) is 0.479. The molecule has 1 rings (SSSR count). The summed E-state index contributed by atoms with van der Waals surface area (Å²) in [7, 11) is 0. The molecular weight excluding hydrogens is 122 g/mol. The highest BCUT2D eigenvalue weighted by Crippen LogP contribution is 2.10. The van der Waals surface area contributed by atoms with Crippen LogP contribution in [0.15, 0.2) is 11.3 Å². The lowest BCUT2D eigenvalue weighted by Crippen LogP contribution is -2.07. The average Bonchev–Trinajstić information content (AvgIpc) is 1.98. The second-order valence-electron chi connectivity index (χ2n) is 1.72. The first kappa shape index (κ1) is 5.81. The molecule has 0 aromatic rings. The Labute approximate surface area is 51.3 Å². The molecule has 0 bridgehead atoms. The second-order valence-corrected chi connectivity index (χ2v) is 1.72. The van der Waals surface area contributed by atoms with Crippen molar-refractivity contribution in [3.8, 4) is 0 Å². The highest BCUT2D eigenvalue weighted by molar-refractivity contribution is 6.11. The maximum absolute atomic E-state index is 10.4. The topological polar surface area (TPSA) is 69.4 Å². The molecule has 0 atom stereocenters. The van der Waals surface area contributed by atoms with Gasteiger partial charge in [0, 0.05) is 0 Å². The first-order valence-electron chi connectivity index (χ1n) is 2.36. The standard InChI is InChI=1S/C5H5NO3/c1-2-3(6)5(8)9-4(2)7/h6H2,1H3. The van der Waals surface area contributed by atoms with E-state index in [1.165, 1.54) is 6.92 Å². The van der Waals surface area contributed by atoms with Crippen LogP contribution in [0.3, 0.4) is 0 Å². The molecule has 1 heterocycles. The minimum absolute atomic E-state index is 0.0833. The quantitative estimate of drug-likeness (QED) is 0.345. The van der Waals surface area contributed by atoms with Gasteiger partial charge < -0.3 is 10.5 Å². The fraction of sp³-hybridized carbons (Fsp3) is 0.200. The third kappa shape index (κ3) is 0.679. The molecule has 0 aromatic carbocycles. The van der Waals surface area contributed by atoms with Crippen LogP contribution in [0.4, 0.5) is 0 Å². The minimum Gasteiger partial charge on any atom is -0.392 e. The molecule has 0 saturated carbocycles. The second kappa shape index (κ2) is 1.58. The van der Waals surface area contributed by atoms with Crippen molar-refractivity contribution in [2.75, 3.05) is 0 Å². The fourth-order valence-corrected chi connectivity index (χ4v) is 0.479. The van der Waals surface area contributed by atoms with E-state index in [9.17, 15) is 9.59 Å². The van der Waals surface area contributed by atoms with Crippen LogP contribution in [0.2, 0.25) is 0 Å². The molecule has 1 aliphatic rings. The largest absolute Gasteiger partial charge is 0.392 e. The van der Waals surface area contributed by atoms with Crippen LogP contribution < -0.4 is 5.73 Å². The zero-order valence-corrected chi connectivity index (χ0v) is 4.80. The zero-order valence-electron chi connectivity index (χ0n) is 4.80. The van der Waals surface area contributed by atoms with E-state index in [2.05, 4.69) is 4.74 Å². The summed E-state index contributed by atoms with van der Waals surface area (Å²) in [6, 6.07) is 0. The van der Waals surface area contributed by atoms with Crippen molar-refractivity contribution < 1.29 is 14.3 Å². The van der Waals surface area contributed by atoms with Gasteiger partial charge in [0.15, 0.2) is 0 Å². The molecule has 0 unspecified atom stereocenters. The van der Waals surface area contributed by atoms with Crippen LogP contribution in [-0.4, -0.2) is 11.9 Å². The summed E-state index contributed by atoms with van der Waals surface area (Å²) in [5, 5.41) is 0. The van der Waals surface area contributed by atoms with Gasteiger partial charge in [-0.1, -0.05) is 0 Å². The SMILES string of the molecule is CC1=C(N)C(=O)OC1=O. The number of nitrogens with two attached hydrogens (primary N) is 1. The van der Waals surface area contributed by atoms with E-state index in [4.69, 9.17) is 5.73 Å². The lowest BCUT2D eigenvalue weighted by atomic mass is 10.3. The van der Waals surface area contributed by atoms with Crippen molar-refractivity contribution in [2.45, 2.75) is 6.92 Å². The average molecular weight is 127 g/mol. The Morgan fingerprint density at radius 2 is 1.89 bits per heavy atom. The molecule has 0 aliphatic carbocycles. The first-order chi connectivity index (χ1) is 4.13. The van der Waals surface area contributed by atoms with Gasteiger partial charge in [0.05, 0.1) is 5.57 Å². The summed E-state index contributed by atoms with van der Waals surface area (Å²) >= 11 is 0. The van der Waals surface area contributed by atoms with Gasteiger partial charge in [-0.2, -0.15) is 0 Å². The van der Waals surface area contributed by atoms with E-state index >= 15 is 0 Å². The van der Waals surface area contributed by atoms with Gasteiger partial charge in [-0.3, -0.25) is 0 Å². The van der Waals surface area contributed by atoms with E-state index in [0.29, 0.717) is 0 Å². The lowest BCUT2D eigenvalue weighted by molar-refractivity contribution is -0.151. The van der Waals surface area contributed by atoms with Crippen molar-refractivity contribution in [3.63, 3.8) is 0 Å². The molecule has 9 heavy (non-hydrogen) atoms. The van der Waals surface area contributed by atoms with Crippen molar-refractivity contribution >= 4 is 11.9 Å². The summed E-state index contributed by atoms with van der Waals surface area (Å²) in [5.74, 6) is -1.38. The van der Waals surface area contributed by atoms with Crippen LogP contribution in [-0.2, 0) is 14.3 Å². The van der Waals surface area contributed by atoms with Crippen LogP contribution in [0, 0.1) is 0 Å². The monoisotopic (exact) mass is 127 g/mol. The number of esters is 2. The number of rotatable bonds is 0. The van der Waals surface area contributed by atoms with Gasteiger partial charge in [0.1, 0.15) is 5.70 Å². The number of carbonyl (C=O) groups is 2. The molecule has 2 N–H and O–H groups in total. The van der Waals surface area contributed by atoms with E-state index in [-0.39, 0.29) is 11.3 Å². The summed E-state index contributed by atoms with van der Waals surface area (Å²) in [5.41, 5.74) is 5.21. The third-order valence-electron chi connectivity index (χ3n) is 1.12. The summed E-state index contributed by atoms with van der Waals surface area (Å²) in [6.07, 6.45) is 0. The van der Waals surface area contributed by atoms with Gasteiger partial charge in [0.2, 0.25) is 0 Å². The van der Waals surface area contributed by atoms with Gasteiger partial charge >= 0.3 is 11.9 Å². The molecule has 4 heteroatoms. The molecule has 48 valence electrons. The highest BCUT2D eigenvalue weighted by Gasteiger charge is 2.26. The van der Waals surface area contributed by atoms with Gasteiger partial charge in [-0.05, 0) is 6.92 Å². The van der Waals surface area contributed by atoms with E-state index in [0.717, 1.165) is 0 Å². The Morgan fingerprint density at radius 1 is 1.33 bits per heavy atom. The van der Waals surface area contributed by atoms with Gasteiger partial charge in [-0.25, -0.2) is 9.59 Å². The molecule has 0 spiro atoms. The Bertz CT molecular complexity index is 194. The van der Waals surface area contributed by atoms with E-state index in [1.54, 1.807) is 0 Å². The Morgan fingerprint density at radius 3 is 2.00 bits per heavy atom. The van der Waals surface area contributed by atoms with Crippen molar-refractivity contribution in [1.82, 2.24) is 0 Å². The molecular formula is C5H5NO3. The smallest absolute Gasteiger partial charge is 0.362 e. The minimum atomic E-state index is -0.738. The van der Waals surface area contributed by atoms with Crippen LogP contribution in [0.25, 0.3) is 0 Å². The molecule has 0 amide bonds. The molecule has 0 saturated heterocycles. The maximum Gasteiger partial charge on any atom is 0.362 e. The normalized spacial score (nSPS) is 18.8. The predicted molar refractivity (Wildman–Crippen MR) is 28.0 cm³/mol. The molecule has 0 radical (unpaired) electrons. The number of carbonyl (C=O) groups excluding carboxylic acids is 2.